The number of alkyl halides is 3. The molecule has 0 bridgehead atoms. The van der Waals surface area contributed by atoms with E-state index in [1.54, 1.807) is 6.07 Å². The monoisotopic (exact) mass is 319 g/mol. The van der Waals surface area contributed by atoms with Crippen molar-refractivity contribution in [2.75, 3.05) is 0 Å². The van der Waals surface area contributed by atoms with Crippen molar-refractivity contribution >= 4 is 5.70 Å². The van der Waals surface area contributed by atoms with Gasteiger partial charge in [0.2, 0.25) is 0 Å². The van der Waals surface area contributed by atoms with Crippen LogP contribution in [0.2, 0.25) is 0 Å². The van der Waals surface area contributed by atoms with E-state index in [-0.39, 0.29) is 12.1 Å². The van der Waals surface area contributed by atoms with E-state index in [1.807, 2.05) is 25.1 Å². The Hall–Kier alpha value is -2.23. The Labute approximate surface area is 134 Å². The van der Waals surface area contributed by atoms with Gasteiger partial charge in [0, 0.05) is 12.2 Å². The van der Waals surface area contributed by atoms with Crippen molar-refractivity contribution < 1.29 is 13.2 Å². The van der Waals surface area contributed by atoms with Crippen LogP contribution >= 0.6 is 0 Å². The van der Waals surface area contributed by atoms with E-state index in [2.05, 4.69) is 18.8 Å². The minimum Gasteiger partial charge on any atom is -0.381 e. The molecule has 2 aromatic carbocycles. The van der Waals surface area contributed by atoms with Crippen LogP contribution in [0, 0.1) is 6.92 Å². The van der Waals surface area contributed by atoms with Crippen molar-refractivity contribution in [2.24, 2.45) is 0 Å². The molecule has 0 amide bonds. The third-order valence-electron chi connectivity index (χ3n) is 3.89. The molecule has 0 saturated heterocycles. The molecule has 23 heavy (non-hydrogen) atoms. The van der Waals surface area contributed by atoms with Crippen molar-refractivity contribution in [1.82, 2.24) is 5.32 Å². The average molecular weight is 319 g/mol. The van der Waals surface area contributed by atoms with E-state index in [0.717, 1.165) is 18.1 Å². The third-order valence-corrected chi connectivity index (χ3v) is 3.89. The van der Waals surface area contributed by atoms with Crippen LogP contribution in [0.1, 0.15) is 34.7 Å². The molecule has 0 aromatic heterocycles. The van der Waals surface area contributed by atoms with E-state index in [4.69, 9.17) is 0 Å². The van der Waals surface area contributed by atoms with Crippen molar-refractivity contribution in [3.63, 3.8) is 0 Å². The highest BCUT2D eigenvalue weighted by atomic mass is 19.4. The normalized spacial score (nSPS) is 11.3. The van der Waals surface area contributed by atoms with Crippen LogP contribution < -0.4 is 5.32 Å². The van der Waals surface area contributed by atoms with Gasteiger partial charge in [0.25, 0.3) is 0 Å². The van der Waals surface area contributed by atoms with Crippen LogP contribution in [0.4, 0.5) is 13.2 Å². The first kappa shape index (κ1) is 17.1. The Kier molecular flexibility index (Phi) is 5.14. The number of hydrogen-bond donors (Lipinski definition) is 1. The molecule has 1 nitrogen and oxygen atoms in total. The summed E-state index contributed by atoms with van der Waals surface area (Å²) < 4.78 is 39.0. The molecular weight excluding hydrogens is 299 g/mol. The van der Waals surface area contributed by atoms with Gasteiger partial charge in [-0.15, -0.1) is 0 Å². The molecule has 0 radical (unpaired) electrons. The van der Waals surface area contributed by atoms with Gasteiger partial charge in [0.15, 0.2) is 0 Å². The Morgan fingerprint density at radius 2 is 1.78 bits per heavy atom. The van der Waals surface area contributed by atoms with Crippen LogP contribution in [0.5, 0.6) is 0 Å². The topological polar surface area (TPSA) is 12.0 Å². The van der Waals surface area contributed by atoms with Crippen molar-refractivity contribution in [1.29, 1.82) is 0 Å². The summed E-state index contributed by atoms with van der Waals surface area (Å²) in [6, 6.07) is 11.5. The summed E-state index contributed by atoms with van der Waals surface area (Å²) in [5.41, 5.74) is 3.53. The molecule has 122 valence electrons. The Morgan fingerprint density at radius 1 is 1.09 bits per heavy atom. The Morgan fingerprint density at radius 3 is 2.43 bits per heavy atom. The Balaban J connectivity index is 2.14. The summed E-state index contributed by atoms with van der Waals surface area (Å²) in [5, 5.41) is 3.00. The second kappa shape index (κ2) is 6.90. The molecule has 2 aromatic rings. The zero-order chi connectivity index (χ0) is 17.0. The van der Waals surface area contributed by atoms with Crippen LogP contribution in [0.3, 0.4) is 0 Å². The van der Waals surface area contributed by atoms with Gasteiger partial charge >= 0.3 is 6.18 Å². The number of hydrogen-bond acceptors (Lipinski definition) is 1. The molecule has 0 aliphatic heterocycles. The second-order valence-corrected chi connectivity index (χ2v) is 5.48. The highest BCUT2D eigenvalue weighted by Gasteiger charge is 2.32. The first-order chi connectivity index (χ1) is 10.8. The van der Waals surface area contributed by atoms with Crippen LogP contribution in [0.25, 0.3) is 5.70 Å². The van der Waals surface area contributed by atoms with E-state index in [0.29, 0.717) is 5.70 Å². The van der Waals surface area contributed by atoms with Crippen LogP contribution in [-0.4, -0.2) is 0 Å². The molecule has 0 unspecified atom stereocenters. The van der Waals surface area contributed by atoms with Gasteiger partial charge in [-0.3, -0.25) is 0 Å². The molecule has 0 aliphatic rings. The highest BCUT2D eigenvalue weighted by molar-refractivity contribution is 5.63. The van der Waals surface area contributed by atoms with Gasteiger partial charge in [-0.05, 0) is 47.7 Å². The SMILES string of the molecule is C=C(NCc1ccccc1C(F)(F)F)c1ccc(C)c(CC)c1. The summed E-state index contributed by atoms with van der Waals surface area (Å²) in [7, 11) is 0. The predicted octanol–water partition coefficient (Wildman–Crippen LogP) is 5.34. The Bertz CT molecular complexity index is 702. The zero-order valence-corrected chi connectivity index (χ0v) is 13.3. The molecule has 0 saturated carbocycles. The van der Waals surface area contributed by atoms with E-state index < -0.39 is 11.7 Å². The number of aryl methyl sites for hydroxylation is 2. The van der Waals surface area contributed by atoms with Crippen molar-refractivity contribution in [3.8, 4) is 0 Å². The minimum atomic E-state index is -4.35. The number of benzene rings is 2. The molecule has 1 N–H and O–H groups in total. The van der Waals surface area contributed by atoms with Gasteiger partial charge in [-0.1, -0.05) is 43.8 Å². The van der Waals surface area contributed by atoms with Gasteiger partial charge in [0.05, 0.1) is 5.56 Å². The van der Waals surface area contributed by atoms with Gasteiger partial charge in [-0.25, -0.2) is 0 Å². The third kappa shape index (κ3) is 4.15. The zero-order valence-electron chi connectivity index (χ0n) is 13.3. The molecule has 0 atom stereocenters. The summed E-state index contributed by atoms with van der Waals surface area (Å²) >= 11 is 0. The lowest BCUT2D eigenvalue weighted by molar-refractivity contribution is -0.138. The smallest absolute Gasteiger partial charge is 0.381 e. The fourth-order valence-electron chi connectivity index (χ4n) is 2.50. The van der Waals surface area contributed by atoms with Gasteiger partial charge in [-0.2, -0.15) is 13.2 Å². The summed E-state index contributed by atoms with van der Waals surface area (Å²) in [6.07, 6.45) is -3.44. The summed E-state index contributed by atoms with van der Waals surface area (Å²) in [4.78, 5) is 0. The lowest BCUT2D eigenvalue weighted by atomic mass is 10.0. The highest BCUT2D eigenvalue weighted by Crippen LogP contribution is 2.32. The quantitative estimate of drug-likeness (QED) is 0.784. The van der Waals surface area contributed by atoms with E-state index in [9.17, 15) is 13.2 Å². The summed E-state index contributed by atoms with van der Waals surface area (Å²) in [6.45, 7) is 8.14. The van der Waals surface area contributed by atoms with Crippen LogP contribution in [-0.2, 0) is 19.1 Å². The first-order valence-electron chi connectivity index (χ1n) is 7.50. The largest absolute Gasteiger partial charge is 0.416 e. The molecule has 0 spiro atoms. The standard InChI is InChI=1S/C19H20F3N/c1-4-15-11-16(10-9-13(15)2)14(3)23-12-17-7-5-6-8-18(17)19(20,21)22/h5-11,23H,3-4,12H2,1-2H3. The van der Waals surface area contributed by atoms with Crippen LogP contribution in [0.15, 0.2) is 49.0 Å². The number of halogens is 3. The van der Waals surface area contributed by atoms with Crippen molar-refractivity contribution in [3.05, 3.63) is 76.9 Å². The summed E-state index contributed by atoms with van der Waals surface area (Å²) in [5.74, 6) is 0. The van der Waals surface area contributed by atoms with Gasteiger partial charge in [0.1, 0.15) is 0 Å². The molecule has 0 heterocycles. The fraction of sp³-hybridized carbons (Fsp3) is 0.263. The molecule has 0 aliphatic carbocycles. The number of nitrogens with one attached hydrogen (secondary N) is 1. The lowest BCUT2D eigenvalue weighted by Gasteiger charge is -2.16. The predicted molar refractivity (Wildman–Crippen MR) is 87.9 cm³/mol. The van der Waals surface area contributed by atoms with Crippen molar-refractivity contribution in [2.45, 2.75) is 33.0 Å². The lowest BCUT2D eigenvalue weighted by Crippen LogP contribution is -2.16. The average Bonchev–Trinajstić information content (AvgIpc) is 2.52. The number of rotatable bonds is 5. The maximum absolute atomic E-state index is 13.0. The molecule has 4 heteroatoms. The second-order valence-electron chi connectivity index (χ2n) is 5.48. The molecule has 2 rings (SSSR count). The van der Waals surface area contributed by atoms with E-state index in [1.165, 1.54) is 23.3 Å². The molecular formula is C19H20F3N. The maximum Gasteiger partial charge on any atom is 0.416 e. The first-order valence-corrected chi connectivity index (χ1v) is 7.50. The molecule has 0 fully saturated rings. The van der Waals surface area contributed by atoms with E-state index >= 15 is 0 Å². The maximum atomic E-state index is 13.0. The fourth-order valence-corrected chi connectivity index (χ4v) is 2.50. The minimum absolute atomic E-state index is 0.0872. The van der Waals surface area contributed by atoms with Gasteiger partial charge < -0.3 is 5.32 Å².